The molecule has 0 aliphatic rings. The fourth-order valence-corrected chi connectivity index (χ4v) is 1.80. The van der Waals surface area contributed by atoms with Crippen LogP contribution in [-0.4, -0.2) is 11.7 Å². The van der Waals surface area contributed by atoms with Gasteiger partial charge < -0.3 is 14.8 Å². The minimum absolute atomic E-state index is 0. The summed E-state index contributed by atoms with van der Waals surface area (Å²) in [5.41, 5.74) is 1.94. The molecule has 104 valence electrons. The van der Waals surface area contributed by atoms with Crippen LogP contribution in [0.3, 0.4) is 0 Å². The van der Waals surface area contributed by atoms with Crippen molar-refractivity contribution in [2.45, 2.75) is 26.5 Å². The largest absolute Gasteiger partial charge is 0.460 e. The maximum Gasteiger partial charge on any atom is 0.134 e. The summed E-state index contributed by atoms with van der Waals surface area (Å²) < 4.78 is 5.75. The summed E-state index contributed by atoms with van der Waals surface area (Å²) >= 11 is 0. The van der Waals surface area contributed by atoms with E-state index in [2.05, 4.69) is 12.2 Å². The number of rotatable bonds is 5. The maximum absolute atomic E-state index is 9.45. The van der Waals surface area contributed by atoms with Crippen LogP contribution in [-0.2, 0) is 6.54 Å². The fourth-order valence-electron chi connectivity index (χ4n) is 1.80. The molecule has 2 N–H and O–H groups in total. The van der Waals surface area contributed by atoms with Crippen molar-refractivity contribution < 1.29 is 9.52 Å². The Morgan fingerprint density at radius 3 is 2.42 bits per heavy atom. The predicted octanol–water partition coefficient (Wildman–Crippen LogP) is 3.53. The predicted molar refractivity (Wildman–Crippen MR) is 79.4 cm³/mol. The zero-order valence-electron chi connectivity index (χ0n) is 11.2. The molecule has 1 aromatic heterocycles. The first-order valence-corrected chi connectivity index (χ1v) is 6.28. The van der Waals surface area contributed by atoms with E-state index in [1.165, 1.54) is 0 Å². The fraction of sp³-hybridized carbons (Fsp3) is 0.333. The Hall–Kier alpha value is -1.29. The Morgan fingerprint density at radius 1 is 1.16 bits per heavy atom. The van der Waals surface area contributed by atoms with Gasteiger partial charge in [-0.15, -0.1) is 12.4 Å². The zero-order chi connectivity index (χ0) is 13.0. The van der Waals surface area contributed by atoms with Gasteiger partial charge in [0.15, 0.2) is 0 Å². The molecular formula is C15H20ClNO2. The molecule has 1 heterocycles. The van der Waals surface area contributed by atoms with Gasteiger partial charge in [-0.25, -0.2) is 0 Å². The first-order chi connectivity index (χ1) is 8.70. The maximum atomic E-state index is 9.45. The van der Waals surface area contributed by atoms with Crippen molar-refractivity contribution in [3.63, 3.8) is 0 Å². The van der Waals surface area contributed by atoms with E-state index in [-0.39, 0.29) is 12.4 Å². The lowest BCUT2D eigenvalue weighted by Gasteiger charge is -2.04. The van der Waals surface area contributed by atoms with Gasteiger partial charge in [0.05, 0.1) is 12.6 Å². The number of hydrogen-bond donors (Lipinski definition) is 2. The van der Waals surface area contributed by atoms with E-state index >= 15 is 0 Å². The number of halogens is 1. The molecule has 0 bridgehead atoms. The van der Waals surface area contributed by atoms with Crippen LogP contribution in [0.25, 0.3) is 11.3 Å². The second kappa shape index (κ2) is 7.34. The third kappa shape index (κ3) is 4.10. The molecule has 0 aliphatic carbocycles. The summed E-state index contributed by atoms with van der Waals surface area (Å²) in [6.45, 7) is 5.51. The van der Waals surface area contributed by atoms with Gasteiger partial charge in [-0.2, -0.15) is 0 Å². The van der Waals surface area contributed by atoms with Gasteiger partial charge >= 0.3 is 0 Å². The molecule has 2 rings (SSSR count). The molecule has 3 nitrogen and oxygen atoms in total. The summed E-state index contributed by atoms with van der Waals surface area (Å²) in [5, 5.41) is 12.7. The Morgan fingerprint density at radius 2 is 1.84 bits per heavy atom. The SMILES string of the molecule is CCNCc1ccc(-c2ccc(C(C)O)cc2)o1.Cl. The van der Waals surface area contributed by atoms with E-state index in [4.69, 9.17) is 4.42 Å². The van der Waals surface area contributed by atoms with Crippen LogP contribution in [0.15, 0.2) is 40.8 Å². The van der Waals surface area contributed by atoms with Crippen molar-refractivity contribution in [2.24, 2.45) is 0 Å². The minimum atomic E-state index is -0.431. The molecule has 1 aromatic carbocycles. The molecule has 0 radical (unpaired) electrons. The van der Waals surface area contributed by atoms with E-state index in [9.17, 15) is 5.11 Å². The lowest BCUT2D eigenvalue weighted by Crippen LogP contribution is -2.10. The number of hydrogen-bond acceptors (Lipinski definition) is 3. The Kier molecular flexibility index (Phi) is 6.09. The van der Waals surface area contributed by atoms with Gasteiger partial charge in [0.1, 0.15) is 11.5 Å². The number of aliphatic hydroxyl groups excluding tert-OH is 1. The van der Waals surface area contributed by atoms with Crippen LogP contribution in [0.4, 0.5) is 0 Å². The molecule has 0 aliphatic heterocycles. The van der Waals surface area contributed by atoms with Gasteiger partial charge in [-0.1, -0.05) is 31.2 Å². The van der Waals surface area contributed by atoms with Crippen LogP contribution >= 0.6 is 12.4 Å². The zero-order valence-corrected chi connectivity index (χ0v) is 12.0. The van der Waals surface area contributed by atoms with Crippen molar-refractivity contribution in [1.29, 1.82) is 0 Å². The number of benzene rings is 1. The van der Waals surface area contributed by atoms with E-state index in [1.54, 1.807) is 6.92 Å². The second-order valence-electron chi connectivity index (χ2n) is 4.34. The van der Waals surface area contributed by atoms with E-state index in [1.807, 2.05) is 36.4 Å². The van der Waals surface area contributed by atoms with Gasteiger partial charge in [-0.3, -0.25) is 0 Å². The molecule has 0 fully saturated rings. The summed E-state index contributed by atoms with van der Waals surface area (Å²) in [6.07, 6.45) is -0.431. The monoisotopic (exact) mass is 281 g/mol. The highest BCUT2D eigenvalue weighted by Crippen LogP contribution is 2.24. The van der Waals surface area contributed by atoms with E-state index in [0.29, 0.717) is 0 Å². The highest BCUT2D eigenvalue weighted by Gasteiger charge is 2.06. The third-order valence-electron chi connectivity index (χ3n) is 2.89. The van der Waals surface area contributed by atoms with Crippen molar-refractivity contribution in [3.05, 3.63) is 47.7 Å². The molecule has 2 aromatic rings. The smallest absolute Gasteiger partial charge is 0.134 e. The molecule has 0 saturated heterocycles. The molecule has 4 heteroatoms. The minimum Gasteiger partial charge on any atom is -0.460 e. The summed E-state index contributed by atoms with van der Waals surface area (Å²) in [7, 11) is 0. The Labute approximate surface area is 120 Å². The molecule has 0 amide bonds. The molecular weight excluding hydrogens is 262 g/mol. The summed E-state index contributed by atoms with van der Waals surface area (Å²) in [6, 6.07) is 11.7. The summed E-state index contributed by atoms with van der Waals surface area (Å²) in [4.78, 5) is 0. The Bertz CT molecular complexity index is 491. The van der Waals surface area contributed by atoms with Crippen molar-refractivity contribution in [1.82, 2.24) is 5.32 Å². The van der Waals surface area contributed by atoms with Crippen LogP contribution in [0, 0.1) is 0 Å². The highest BCUT2D eigenvalue weighted by molar-refractivity contribution is 5.85. The van der Waals surface area contributed by atoms with Gasteiger partial charge in [0.2, 0.25) is 0 Å². The molecule has 0 spiro atoms. The average molecular weight is 282 g/mol. The average Bonchev–Trinajstić information content (AvgIpc) is 2.85. The lowest BCUT2D eigenvalue weighted by atomic mass is 10.1. The molecule has 19 heavy (non-hydrogen) atoms. The van der Waals surface area contributed by atoms with Crippen LogP contribution in [0.2, 0.25) is 0 Å². The normalized spacial score (nSPS) is 11.9. The first-order valence-electron chi connectivity index (χ1n) is 6.28. The van der Waals surface area contributed by atoms with Crippen LogP contribution in [0.1, 0.15) is 31.3 Å². The van der Waals surface area contributed by atoms with Crippen LogP contribution in [0.5, 0.6) is 0 Å². The number of furan rings is 1. The molecule has 0 saturated carbocycles. The second-order valence-corrected chi connectivity index (χ2v) is 4.34. The molecule has 1 atom stereocenters. The highest BCUT2D eigenvalue weighted by atomic mass is 35.5. The lowest BCUT2D eigenvalue weighted by molar-refractivity contribution is 0.199. The first kappa shape index (κ1) is 15.8. The number of aliphatic hydroxyl groups is 1. The quantitative estimate of drug-likeness (QED) is 0.881. The van der Waals surface area contributed by atoms with Gasteiger partial charge in [0.25, 0.3) is 0 Å². The van der Waals surface area contributed by atoms with Crippen molar-refractivity contribution in [2.75, 3.05) is 6.54 Å². The van der Waals surface area contributed by atoms with Crippen molar-refractivity contribution in [3.8, 4) is 11.3 Å². The van der Waals surface area contributed by atoms with E-state index in [0.717, 1.165) is 35.7 Å². The topological polar surface area (TPSA) is 45.4 Å². The van der Waals surface area contributed by atoms with Crippen molar-refractivity contribution >= 4 is 12.4 Å². The van der Waals surface area contributed by atoms with E-state index < -0.39 is 6.10 Å². The standard InChI is InChI=1S/C15H19NO2.ClH/c1-3-16-10-14-8-9-15(18-14)13-6-4-12(5-7-13)11(2)17;/h4-9,11,16-17H,3,10H2,1-2H3;1H. The molecule has 1 unspecified atom stereocenters. The Balaban J connectivity index is 0.00000180. The van der Waals surface area contributed by atoms with Gasteiger partial charge in [0, 0.05) is 5.56 Å². The third-order valence-corrected chi connectivity index (χ3v) is 2.89. The number of nitrogens with one attached hydrogen (secondary N) is 1. The summed E-state index contributed by atoms with van der Waals surface area (Å²) in [5.74, 6) is 1.80. The van der Waals surface area contributed by atoms with Crippen LogP contribution < -0.4 is 5.32 Å². The van der Waals surface area contributed by atoms with Gasteiger partial charge in [-0.05, 0) is 31.2 Å².